The standard InChI is InChI=1S/C15H24N2/c1-13-6-8-14(9-7-13)15(12-16-2)10-4-5-11-17(15)3/h6-9,16H,4-5,10-12H2,1-3H3. The average molecular weight is 232 g/mol. The predicted molar refractivity (Wildman–Crippen MR) is 73.3 cm³/mol. The maximum atomic E-state index is 3.38. The Kier molecular flexibility index (Phi) is 3.85. The van der Waals surface area contributed by atoms with Gasteiger partial charge >= 0.3 is 0 Å². The van der Waals surface area contributed by atoms with Crippen LogP contribution in [0.1, 0.15) is 30.4 Å². The molecule has 1 fully saturated rings. The Morgan fingerprint density at radius 2 is 1.94 bits per heavy atom. The van der Waals surface area contributed by atoms with E-state index in [-0.39, 0.29) is 5.54 Å². The normalized spacial score (nSPS) is 26.1. The number of aryl methyl sites for hydroxylation is 1. The molecule has 1 saturated heterocycles. The van der Waals surface area contributed by atoms with Crippen LogP contribution in [0.5, 0.6) is 0 Å². The van der Waals surface area contributed by atoms with Crippen molar-refractivity contribution in [1.82, 2.24) is 10.2 Å². The number of rotatable bonds is 3. The number of hydrogen-bond donors (Lipinski definition) is 1. The van der Waals surface area contributed by atoms with Gasteiger partial charge in [0.2, 0.25) is 0 Å². The second-order valence-electron chi connectivity index (χ2n) is 5.31. The van der Waals surface area contributed by atoms with Crippen LogP contribution in [0.3, 0.4) is 0 Å². The maximum Gasteiger partial charge on any atom is 0.0583 e. The summed E-state index contributed by atoms with van der Waals surface area (Å²) < 4.78 is 0. The van der Waals surface area contributed by atoms with Gasteiger partial charge in [-0.15, -0.1) is 0 Å². The largest absolute Gasteiger partial charge is 0.318 e. The minimum Gasteiger partial charge on any atom is -0.318 e. The highest BCUT2D eigenvalue weighted by Crippen LogP contribution is 2.36. The van der Waals surface area contributed by atoms with Crippen molar-refractivity contribution in [3.63, 3.8) is 0 Å². The highest BCUT2D eigenvalue weighted by molar-refractivity contribution is 5.29. The Morgan fingerprint density at radius 1 is 1.24 bits per heavy atom. The zero-order valence-electron chi connectivity index (χ0n) is 11.3. The molecule has 2 nitrogen and oxygen atoms in total. The minimum absolute atomic E-state index is 0.195. The van der Waals surface area contributed by atoms with Gasteiger partial charge in [0.25, 0.3) is 0 Å². The summed E-state index contributed by atoms with van der Waals surface area (Å²) in [6, 6.07) is 9.06. The molecule has 1 aliphatic rings. The lowest BCUT2D eigenvalue weighted by Gasteiger charge is -2.46. The highest BCUT2D eigenvalue weighted by Gasteiger charge is 2.37. The van der Waals surface area contributed by atoms with Crippen molar-refractivity contribution >= 4 is 0 Å². The Morgan fingerprint density at radius 3 is 2.53 bits per heavy atom. The third kappa shape index (κ3) is 2.38. The van der Waals surface area contributed by atoms with E-state index in [4.69, 9.17) is 0 Å². The van der Waals surface area contributed by atoms with Crippen LogP contribution in [-0.4, -0.2) is 32.1 Å². The molecule has 1 atom stereocenters. The van der Waals surface area contributed by atoms with Crippen LogP contribution in [-0.2, 0) is 5.54 Å². The van der Waals surface area contributed by atoms with Crippen molar-refractivity contribution in [2.24, 2.45) is 0 Å². The topological polar surface area (TPSA) is 15.3 Å². The van der Waals surface area contributed by atoms with Gasteiger partial charge in [0.05, 0.1) is 5.54 Å². The summed E-state index contributed by atoms with van der Waals surface area (Å²) in [5.74, 6) is 0. The SMILES string of the molecule is CNCC1(c2ccc(C)cc2)CCCCN1C. The number of likely N-dealkylation sites (N-methyl/N-ethyl adjacent to an activating group) is 2. The molecule has 1 aromatic carbocycles. The lowest BCUT2D eigenvalue weighted by molar-refractivity contribution is 0.0716. The molecule has 0 aromatic heterocycles. The second-order valence-corrected chi connectivity index (χ2v) is 5.31. The van der Waals surface area contributed by atoms with E-state index in [1.807, 2.05) is 0 Å². The fraction of sp³-hybridized carbons (Fsp3) is 0.600. The van der Waals surface area contributed by atoms with Crippen molar-refractivity contribution in [2.45, 2.75) is 31.7 Å². The van der Waals surface area contributed by atoms with E-state index in [2.05, 4.69) is 55.5 Å². The summed E-state index contributed by atoms with van der Waals surface area (Å²) >= 11 is 0. The summed E-state index contributed by atoms with van der Waals surface area (Å²) in [6.45, 7) is 4.39. The quantitative estimate of drug-likeness (QED) is 0.861. The molecule has 0 bridgehead atoms. The Balaban J connectivity index is 2.35. The molecule has 1 heterocycles. The lowest BCUT2D eigenvalue weighted by Crippen LogP contribution is -2.52. The monoisotopic (exact) mass is 232 g/mol. The van der Waals surface area contributed by atoms with E-state index >= 15 is 0 Å². The number of piperidine rings is 1. The van der Waals surface area contributed by atoms with Gasteiger partial charge in [-0.05, 0) is 52.4 Å². The zero-order valence-corrected chi connectivity index (χ0v) is 11.3. The van der Waals surface area contributed by atoms with E-state index in [1.165, 1.54) is 36.9 Å². The lowest BCUT2D eigenvalue weighted by atomic mass is 9.80. The highest BCUT2D eigenvalue weighted by atomic mass is 15.2. The molecular weight excluding hydrogens is 208 g/mol. The molecule has 2 rings (SSSR count). The number of likely N-dealkylation sites (tertiary alicyclic amines) is 1. The van der Waals surface area contributed by atoms with Gasteiger partial charge in [-0.3, -0.25) is 4.90 Å². The number of benzene rings is 1. The predicted octanol–water partition coefficient (Wildman–Crippen LogP) is 2.53. The fourth-order valence-corrected chi connectivity index (χ4v) is 3.02. The molecule has 1 unspecified atom stereocenters. The Labute approximate surface area is 105 Å². The fourth-order valence-electron chi connectivity index (χ4n) is 3.02. The number of nitrogens with one attached hydrogen (secondary N) is 1. The van der Waals surface area contributed by atoms with Gasteiger partial charge in [-0.25, -0.2) is 0 Å². The second kappa shape index (κ2) is 5.19. The van der Waals surface area contributed by atoms with Crippen LogP contribution in [0.2, 0.25) is 0 Å². The summed E-state index contributed by atoms with van der Waals surface area (Å²) in [6.07, 6.45) is 3.92. The molecule has 0 radical (unpaired) electrons. The molecule has 0 spiro atoms. The molecule has 0 amide bonds. The summed E-state index contributed by atoms with van der Waals surface area (Å²) in [4.78, 5) is 2.53. The van der Waals surface area contributed by atoms with E-state index in [1.54, 1.807) is 0 Å². The molecule has 94 valence electrons. The van der Waals surface area contributed by atoms with Gasteiger partial charge in [-0.2, -0.15) is 0 Å². The average Bonchev–Trinajstić information content (AvgIpc) is 2.33. The van der Waals surface area contributed by atoms with Crippen LogP contribution >= 0.6 is 0 Å². The molecule has 17 heavy (non-hydrogen) atoms. The number of hydrogen-bond acceptors (Lipinski definition) is 2. The molecule has 0 aliphatic carbocycles. The maximum absolute atomic E-state index is 3.38. The molecule has 1 aliphatic heterocycles. The summed E-state index contributed by atoms with van der Waals surface area (Å²) in [5, 5.41) is 3.38. The third-order valence-electron chi connectivity index (χ3n) is 4.12. The van der Waals surface area contributed by atoms with Gasteiger partial charge in [0.15, 0.2) is 0 Å². The van der Waals surface area contributed by atoms with E-state index in [9.17, 15) is 0 Å². The van der Waals surface area contributed by atoms with Crippen LogP contribution in [0.25, 0.3) is 0 Å². The van der Waals surface area contributed by atoms with Crippen molar-refractivity contribution in [3.05, 3.63) is 35.4 Å². The van der Waals surface area contributed by atoms with Crippen molar-refractivity contribution < 1.29 is 0 Å². The first-order chi connectivity index (χ1) is 8.19. The molecule has 0 saturated carbocycles. The van der Waals surface area contributed by atoms with Crippen LogP contribution in [0, 0.1) is 6.92 Å². The van der Waals surface area contributed by atoms with E-state index in [0.717, 1.165) is 6.54 Å². The molecule has 1 N–H and O–H groups in total. The Bertz CT molecular complexity index is 354. The van der Waals surface area contributed by atoms with Crippen molar-refractivity contribution in [3.8, 4) is 0 Å². The molecular formula is C15H24N2. The van der Waals surface area contributed by atoms with Crippen molar-refractivity contribution in [1.29, 1.82) is 0 Å². The molecule has 1 aromatic rings. The van der Waals surface area contributed by atoms with Crippen LogP contribution in [0.4, 0.5) is 0 Å². The van der Waals surface area contributed by atoms with Crippen molar-refractivity contribution in [2.75, 3.05) is 27.2 Å². The summed E-state index contributed by atoms with van der Waals surface area (Å²) in [7, 11) is 4.31. The van der Waals surface area contributed by atoms with Gasteiger partial charge in [0, 0.05) is 6.54 Å². The van der Waals surface area contributed by atoms with Gasteiger partial charge in [-0.1, -0.05) is 29.8 Å². The zero-order chi connectivity index (χ0) is 12.3. The first-order valence-electron chi connectivity index (χ1n) is 6.62. The van der Waals surface area contributed by atoms with Crippen LogP contribution in [0.15, 0.2) is 24.3 Å². The van der Waals surface area contributed by atoms with Crippen LogP contribution < -0.4 is 5.32 Å². The van der Waals surface area contributed by atoms with Gasteiger partial charge in [0.1, 0.15) is 0 Å². The smallest absolute Gasteiger partial charge is 0.0583 e. The number of nitrogens with zero attached hydrogens (tertiary/aromatic N) is 1. The summed E-state index contributed by atoms with van der Waals surface area (Å²) in [5.41, 5.74) is 2.99. The van der Waals surface area contributed by atoms with Gasteiger partial charge < -0.3 is 5.32 Å². The van der Waals surface area contributed by atoms with E-state index < -0.39 is 0 Å². The first kappa shape index (κ1) is 12.6. The molecule has 2 heteroatoms. The first-order valence-corrected chi connectivity index (χ1v) is 6.62. The Hall–Kier alpha value is -0.860. The van der Waals surface area contributed by atoms with E-state index in [0.29, 0.717) is 0 Å². The minimum atomic E-state index is 0.195. The third-order valence-corrected chi connectivity index (χ3v) is 4.12.